The van der Waals surface area contributed by atoms with Crippen LogP contribution >= 0.6 is 0 Å². The van der Waals surface area contributed by atoms with E-state index in [0.717, 1.165) is 11.1 Å². The molecule has 1 aliphatic heterocycles. The number of hydrogen-bond acceptors (Lipinski definition) is 7. The second-order valence-corrected chi connectivity index (χ2v) is 7.24. The van der Waals surface area contributed by atoms with Gasteiger partial charge < -0.3 is 14.6 Å². The van der Waals surface area contributed by atoms with Crippen LogP contribution in [0.1, 0.15) is 28.5 Å². The number of anilines is 1. The first-order chi connectivity index (χ1) is 14.4. The number of aryl methyl sites for hydroxylation is 1. The van der Waals surface area contributed by atoms with Gasteiger partial charge in [0.2, 0.25) is 0 Å². The molecule has 1 aliphatic rings. The van der Waals surface area contributed by atoms with Gasteiger partial charge in [-0.05, 0) is 31.5 Å². The van der Waals surface area contributed by atoms with Crippen molar-refractivity contribution in [2.24, 2.45) is 0 Å². The summed E-state index contributed by atoms with van der Waals surface area (Å²) in [5.74, 6) is 0.802. The summed E-state index contributed by atoms with van der Waals surface area (Å²) in [4.78, 5) is 23.7. The molecule has 3 aromatic rings. The molecule has 30 heavy (non-hydrogen) atoms. The first-order valence-electron chi connectivity index (χ1n) is 9.52. The Balaban J connectivity index is 1.67. The van der Waals surface area contributed by atoms with Crippen molar-refractivity contribution >= 4 is 11.6 Å². The van der Waals surface area contributed by atoms with Gasteiger partial charge in [-0.25, -0.2) is 4.98 Å². The van der Waals surface area contributed by atoms with E-state index in [1.165, 1.54) is 7.11 Å². The van der Waals surface area contributed by atoms with Crippen LogP contribution < -0.4 is 14.4 Å². The van der Waals surface area contributed by atoms with Gasteiger partial charge in [-0.15, -0.1) is 0 Å². The highest BCUT2D eigenvalue weighted by Crippen LogP contribution is 2.34. The van der Waals surface area contributed by atoms with E-state index in [1.54, 1.807) is 42.2 Å². The third kappa shape index (κ3) is 3.48. The SMILES string of the molecule is COc1cc(-c2cc(C)c3c(n2)CN(c2cnn(C[C@@H](C)O)c2)C3=O)cnc1OC. The number of amides is 1. The monoisotopic (exact) mass is 409 g/mol. The van der Waals surface area contributed by atoms with Gasteiger partial charge in [-0.1, -0.05) is 0 Å². The minimum Gasteiger partial charge on any atom is -0.491 e. The van der Waals surface area contributed by atoms with Crippen LogP contribution in [0.2, 0.25) is 0 Å². The average Bonchev–Trinajstić information content (AvgIpc) is 3.31. The molecule has 0 aromatic carbocycles. The van der Waals surface area contributed by atoms with Crippen molar-refractivity contribution in [3.63, 3.8) is 0 Å². The second-order valence-electron chi connectivity index (χ2n) is 7.24. The summed E-state index contributed by atoms with van der Waals surface area (Å²) in [6, 6.07) is 3.69. The van der Waals surface area contributed by atoms with Crippen LogP contribution in [-0.4, -0.2) is 51.1 Å². The minimum atomic E-state index is -0.522. The van der Waals surface area contributed by atoms with E-state index in [-0.39, 0.29) is 5.91 Å². The van der Waals surface area contributed by atoms with Crippen molar-refractivity contribution in [1.29, 1.82) is 0 Å². The van der Waals surface area contributed by atoms with Crippen molar-refractivity contribution in [1.82, 2.24) is 19.7 Å². The smallest absolute Gasteiger partial charge is 0.260 e. The van der Waals surface area contributed by atoms with Crippen LogP contribution in [0, 0.1) is 6.92 Å². The molecule has 4 rings (SSSR count). The van der Waals surface area contributed by atoms with Gasteiger partial charge in [0.1, 0.15) is 0 Å². The van der Waals surface area contributed by atoms with Crippen molar-refractivity contribution in [2.45, 2.75) is 33.0 Å². The van der Waals surface area contributed by atoms with Crippen molar-refractivity contribution in [2.75, 3.05) is 19.1 Å². The lowest BCUT2D eigenvalue weighted by atomic mass is 10.1. The number of carbonyl (C=O) groups is 1. The molecule has 1 amide bonds. The van der Waals surface area contributed by atoms with Crippen LogP contribution in [0.4, 0.5) is 5.69 Å². The standard InChI is InChI=1S/C21H23N5O4/c1-12-5-16(14-6-18(29-3)20(30-4)22-7-14)24-17-11-26(21(28)19(12)17)15-8-23-25(10-15)9-13(2)27/h5-8,10,13,27H,9,11H2,1-4H3/t13-/m1/s1. The molecule has 0 aliphatic carbocycles. The predicted octanol–water partition coefficient (Wildman–Crippen LogP) is 2.21. The highest BCUT2D eigenvalue weighted by molar-refractivity contribution is 6.10. The number of aliphatic hydroxyl groups is 1. The van der Waals surface area contributed by atoms with Crippen molar-refractivity contribution in [3.05, 3.63) is 47.5 Å². The van der Waals surface area contributed by atoms with Crippen LogP contribution in [0.5, 0.6) is 11.6 Å². The Bertz CT molecular complexity index is 1110. The normalized spacial score (nSPS) is 14.0. The van der Waals surface area contributed by atoms with E-state index in [1.807, 2.05) is 19.1 Å². The lowest BCUT2D eigenvalue weighted by Gasteiger charge is -2.12. The van der Waals surface area contributed by atoms with E-state index in [4.69, 9.17) is 14.5 Å². The van der Waals surface area contributed by atoms with Crippen molar-refractivity contribution < 1.29 is 19.4 Å². The zero-order chi connectivity index (χ0) is 21.4. The Kier molecular flexibility index (Phi) is 5.13. The first-order valence-corrected chi connectivity index (χ1v) is 9.52. The van der Waals surface area contributed by atoms with E-state index in [2.05, 4.69) is 10.1 Å². The van der Waals surface area contributed by atoms with E-state index in [0.29, 0.717) is 47.4 Å². The molecule has 3 aromatic heterocycles. The lowest BCUT2D eigenvalue weighted by molar-refractivity contribution is 0.0996. The Labute approximate surface area is 173 Å². The molecule has 9 nitrogen and oxygen atoms in total. The number of methoxy groups -OCH3 is 2. The highest BCUT2D eigenvalue weighted by atomic mass is 16.5. The maximum absolute atomic E-state index is 13.0. The van der Waals surface area contributed by atoms with Crippen LogP contribution in [0.25, 0.3) is 11.3 Å². The van der Waals surface area contributed by atoms with E-state index >= 15 is 0 Å². The van der Waals surface area contributed by atoms with Crippen LogP contribution in [0.3, 0.4) is 0 Å². The fraction of sp³-hybridized carbons (Fsp3) is 0.333. The third-order valence-corrected chi connectivity index (χ3v) is 4.97. The number of aliphatic hydroxyl groups excluding tert-OH is 1. The summed E-state index contributed by atoms with van der Waals surface area (Å²) >= 11 is 0. The average molecular weight is 409 g/mol. The van der Waals surface area contributed by atoms with E-state index < -0.39 is 6.10 Å². The van der Waals surface area contributed by atoms with Crippen LogP contribution in [-0.2, 0) is 13.1 Å². The summed E-state index contributed by atoms with van der Waals surface area (Å²) in [6.07, 6.45) is 4.53. The minimum absolute atomic E-state index is 0.108. The molecular weight excluding hydrogens is 386 g/mol. The fourth-order valence-corrected chi connectivity index (χ4v) is 3.59. The maximum Gasteiger partial charge on any atom is 0.260 e. The van der Waals surface area contributed by atoms with Gasteiger partial charge in [0.05, 0.1) is 62.2 Å². The first kappa shape index (κ1) is 19.8. The molecule has 156 valence electrons. The molecule has 1 atom stereocenters. The second kappa shape index (κ2) is 7.75. The molecular formula is C21H23N5O4. The van der Waals surface area contributed by atoms with E-state index in [9.17, 15) is 9.90 Å². The zero-order valence-corrected chi connectivity index (χ0v) is 17.3. The van der Waals surface area contributed by atoms with Gasteiger partial charge in [-0.3, -0.25) is 19.4 Å². The summed E-state index contributed by atoms with van der Waals surface area (Å²) in [5, 5.41) is 13.8. The Hall–Kier alpha value is -3.46. The molecule has 0 saturated carbocycles. The summed E-state index contributed by atoms with van der Waals surface area (Å²) in [5.41, 5.74) is 4.30. The molecule has 0 bridgehead atoms. The summed E-state index contributed by atoms with van der Waals surface area (Å²) in [6.45, 7) is 4.30. The number of pyridine rings is 2. The molecule has 0 fully saturated rings. The zero-order valence-electron chi connectivity index (χ0n) is 17.3. The van der Waals surface area contributed by atoms with Crippen molar-refractivity contribution in [3.8, 4) is 22.9 Å². The summed E-state index contributed by atoms with van der Waals surface area (Å²) < 4.78 is 12.2. The molecule has 0 spiro atoms. The molecule has 0 radical (unpaired) electrons. The predicted molar refractivity (Wildman–Crippen MR) is 110 cm³/mol. The number of nitrogens with zero attached hydrogens (tertiary/aromatic N) is 5. The molecule has 4 heterocycles. The fourth-order valence-electron chi connectivity index (χ4n) is 3.59. The molecule has 9 heteroatoms. The number of hydrogen-bond donors (Lipinski definition) is 1. The lowest BCUT2D eigenvalue weighted by Crippen LogP contribution is -2.23. The van der Waals surface area contributed by atoms with Gasteiger partial charge in [0.15, 0.2) is 5.75 Å². The molecule has 0 unspecified atom stereocenters. The third-order valence-electron chi connectivity index (χ3n) is 4.97. The van der Waals surface area contributed by atoms with Gasteiger partial charge >= 0.3 is 0 Å². The van der Waals surface area contributed by atoms with Gasteiger partial charge in [-0.2, -0.15) is 5.10 Å². The Morgan fingerprint density at radius 3 is 2.73 bits per heavy atom. The number of ether oxygens (including phenoxy) is 2. The summed E-state index contributed by atoms with van der Waals surface area (Å²) in [7, 11) is 3.09. The Morgan fingerprint density at radius 2 is 2.03 bits per heavy atom. The molecule has 0 saturated heterocycles. The number of aromatic nitrogens is 4. The number of fused-ring (bicyclic) bond motifs is 1. The molecule has 1 N–H and O–H groups in total. The van der Waals surface area contributed by atoms with Crippen LogP contribution in [0.15, 0.2) is 30.7 Å². The number of carbonyl (C=O) groups excluding carboxylic acids is 1. The quantitative estimate of drug-likeness (QED) is 0.666. The number of rotatable bonds is 6. The Morgan fingerprint density at radius 1 is 1.23 bits per heavy atom. The van der Waals surface area contributed by atoms with Gasteiger partial charge in [0.25, 0.3) is 11.8 Å². The highest BCUT2D eigenvalue weighted by Gasteiger charge is 2.32. The maximum atomic E-state index is 13.0. The largest absolute Gasteiger partial charge is 0.491 e. The topological polar surface area (TPSA) is 103 Å². The van der Waals surface area contributed by atoms with Gasteiger partial charge in [0, 0.05) is 18.0 Å².